The summed E-state index contributed by atoms with van der Waals surface area (Å²) < 4.78 is 0. The van der Waals surface area contributed by atoms with Crippen molar-refractivity contribution in [1.29, 1.82) is 0 Å². The molecule has 1 fully saturated rings. The zero-order valence-corrected chi connectivity index (χ0v) is 11.4. The molecule has 0 aliphatic carbocycles. The lowest BCUT2D eigenvalue weighted by Crippen LogP contribution is -2.42. The van der Waals surface area contributed by atoms with Crippen LogP contribution in [0.5, 0.6) is 0 Å². The lowest BCUT2D eigenvalue weighted by atomic mass is 9.95. The molecule has 5 heteroatoms. The molecule has 0 aromatic heterocycles. The third kappa shape index (κ3) is 4.64. The molecule has 0 aromatic carbocycles. The van der Waals surface area contributed by atoms with E-state index >= 15 is 0 Å². The molecule has 1 aliphatic rings. The third-order valence-electron chi connectivity index (χ3n) is 3.51. The van der Waals surface area contributed by atoms with Gasteiger partial charge < -0.3 is 16.0 Å². The second-order valence-corrected chi connectivity index (χ2v) is 5.14. The van der Waals surface area contributed by atoms with Gasteiger partial charge in [-0.1, -0.05) is 0 Å². The summed E-state index contributed by atoms with van der Waals surface area (Å²) in [5.74, 6) is 0.369. The Hall–Kier alpha value is -1.10. The van der Waals surface area contributed by atoms with E-state index in [0.29, 0.717) is 19.5 Å². The van der Waals surface area contributed by atoms with E-state index in [9.17, 15) is 9.59 Å². The van der Waals surface area contributed by atoms with Crippen molar-refractivity contribution in [1.82, 2.24) is 10.2 Å². The summed E-state index contributed by atoms with van der Waals surface area (Å²) in [5, 5.41) is 2.67. The predicted octanol–water partition coefficient (Wildman–Crippen LogP) is 0.489. The molecule has 3 N–H and O–H groups in total. The number of nitrogens with one attached hydrogen (secondary N) is 1. The van der Waals surface area contributed by atoms with Gasteiger partial charge in [0, 0.05) is 38.5 Å². The third-order valence-corrected chi connectivity index (χ3v) is 3.51. The van der Waals surface area contributed by atoms with Crippen LogP contribution in [0.1, 0.15) is 39.0 Å². The number of hydrogen-bond donors (Lipinski definition) is 2. The molecule has 1 aliphatic heterocycles. The number of rotatable bonds is 5. The molecular formula is C13H25N3O2. The quantitative estimate of drug-likeness (QED) is 0.750. The molecular weight excluding hydrogens is 230 g/mol. The van der Waals surface area contributed by atoms with Gasteiger partial charge in [-0.2, -0.15) is 0 Å². The molecule has 1 saturated heterocycles. The van der Waals surface area contributed by atoms with Gasteiger partial charge in [-0.05, 0) is 32.6 Å². The van der Waals surface area contributed by atoms with Crippen LogP contribution < -0.4 is 11.1 Å². The maximum Gasteiger partial charge on any atom is 0.222 e. The van der Waals surface area contributed by atoms with Crippen LogP contribution >= 0.6 is 0 Å². The van der Waals surface area contributed by atoms with Gasteiger partial charge in [0.2, 0.25) is 11.8 Å². The minimum atomic E-state index is 0.0723. The molecule has 0 saturated carbocycles. The molecule has 18 heavy (non-hydrogen) atoms. The first kappa shape index (κ1) is 15.0. The molecule has 1 atom stereocenters. The Labute approximate surface area is 109 Å². The highest BCUT2D eigenvalue weighted by molar-refractivity contribution is 5.79. The lowest BCUT2D eigenvalue weighted by molar-refractivity contribution is -0.135. The average molecular weight is 255 g/mol. The van der Waals surface area contributed by atoms with E-state index in [1.54, 1.807) is 7.05 Å². The maximum absolute atomic E-state index is 11.9. The molecule has 0 radical (unpaired) electrons. The highest BCUT2D eigenvalue weighted by Crippen LogP contribution is 2.18. The molecule has 0 spiro atoms. The molecule has 2 amide bonds. The number of hydrogen-bond acceptors (Lipinski definition) is 3. The largest absolute Gasteiger partial charge is 0.359 e. The molecule has 5 nitrogen and oxygen atoms in total. The summed E-state index contributed by atoms with van der Waals surface area (Å²) in [6.07, 6.45) is 3.87. The van der Waals surface area contributed by atoms with Crippen molar-refractivity contribution in [2.45, 2.75) is 45.1 Å². The van der Waals surface area contributed by atoms with E-state index in [4.69, 9.17) is 5.73 Å². The van der Waals surface area contributed by atoms with Gasteiger partial charge in [0.15, 0.2) is 0 Å². The van der Waals surface area contributed by atoms with E-state index in [1.165, 1.54) is 0 Å². The molecule has 0 bridgehead atoms. The first-order valence-corrected chi connectivity index (χ1v) is 6.79. The normalized spacial score (nSPS) is 18.5. The summed E-state index contributed by atoms with van der Waals surface area (Å²) in [7, 11) is 1.66. The van der Waals surface area contributed by atoms with Gasteiger partial charge in [-0.15, -0.1) is 0 Å². The molecule has 1 rings (SSSR count). The van der Waals surface area contributed by atoms with Gasteiger partial charge in [0.05, 0.1) is 0 Å². The van der Waals surface area contributed by atoms with Gasteiger partial charge in [0.25, 0.3) is 0 Å². The van der Waals surface area contributed by atoms with Crippen molar-refractivity contribution in [3.63, 3.8) is 0 Å². The van der Waals surface area contributed by atoms with Crippen LogP contribution in [0.4, 0.5) is 0 Å². The Morgan fingerprint density at radius 3 is 2.50 bits per heavy atom. The zero-order valence-electron chi connectivity index (χ0n) is 11.4. The van der Waals surface area contributed by atoms with E-state index in [1.807, 2.05) is 11.8 Å². The number of piperidine rings is 1. The summed E-state index contributed by atoms with van der Waals surface area (Å²) >= 11 is 0. The highest BCUT2D eigenvalue weighted by Gasteiger charge is 2.26. The Morgan fingerprint density at radius 2 is 2.00 bits per heavy atom. The van der Waals surface area contributed by atoms with Crippen LogP contribution in [0, 0.1) is 5.92 Å². The first-order valence-electron chi connectivity index (χ1n) is 6.79. The number of nitrogens with two attached hydrogens (primary N) is 1. The fourth-order valence-electron chi connectivity index (χ4n) is 2.33. The second-order valence-electron chi connectivity index (χ2n) is 5.14. The SMILES string of the molecule is CNC(=O)C1CCN(C(=O)CCCC(C)N)CC1. The summed E-state index contributed by atoms with van der Waals surface area (Å²) in [6, 6.07) is 0.164. The first-order chi connectivity index (χ1) is 8.54. The van der Waals surface area contributed by atoms with Crippen molar-refractivity contribution in [3.05, 3.63) is 0 Å². The lowest BCUT2D eigenvalue weighted by Gasteiger charge is -2.31. The van der Waals surface area contributed by atoms with E-state index in [2.05, 4.69) is 5.32 Å². The summed E-state index contributed by atoms with van der Waals surface area (Å²) in [6.45, 7) is 3.36. The number of nitrogens with zero attached hydrogens (tertiary/aromatic N) is 1. The molecule has 1 heterocycles. The van der Waals surface area contributed by atoms with Crippen LogP contribution in [0.25, 0.3) is 0 Å². The Morgan fingerprint density at radius 1 is 1.39 bits per heavy atom. The van der Waals surface area contributed by atoms with Crippen LogP contribution in [0.2, 0.25) is 0 Å². The zero-order chi connectivity index (χ0) is 13.5. The highest BCUT2D eigenvalue weighted by atomic mass is 16.2. The number of amides is 2. The maximum atomic E-state index is 11.9. The van der Waals surface area contributed by atoms with Crippen LogP contribution in [-0.4, -0.2) is 42.9 Å². The Bertz CT molecular complexity index is 284. The fourth-order valence-corrected chi connectivity index (χ4v) is 2.33. The summed E-state index contributed by atoms with van der Waals surface area (Å²) in [5.41, 5.74) is 5.65. The fraction of sp³-hybridized carbons (Fsp3) is 0.846. The number of carbonyl (C=O) groups excluding carboxylic acids is 2. The van der Waals surface area contributed by atoms with Crippen molar-refractivity contribution in [3.8, 4) is 0 Å². The predicted molar refractivity (Wildman–Crippen MR) is 70.9 cm³/mol. The topological polar surface area (TPSA) is 75.4 Å². The minimum absolute atomic E-state index is 0.0723. The van der Waals surface area contributed by atoms with Crippen molar-refractivity contribution < 1.29 is 9.59 Å². The van der Waals surface area contributed by atoms with Gasteiger partial charge in [-0.3, -0.25) is 9.59 Å². The molecule has 0 aromatic rings. The Balaban J connectivity index is 2.25. The standard InChI is InChI=1S/C13H25N3O2/c1-10(14)4-3-5-12(17)16-8-6-11(7-9-16)13(18)15-2/h10-11H,3-9,14H2,1-2H3,(H,15,18). The smallest absolute Gasteiger partial charge is 0.222 e. The van der Waals surface area contributed by atoms with Crippen LogP contribution in [0.15, 0.2) is 0 Å². The second kappa shape index (κ2) is 7.36. The van der Waals surface area contributed by atoms with E-state index in [0.717, 1.165) is 25.7 Å². The van der Waals surface area contributed by atoms with Crippen molar-refractivity contribution in [2.24, 2.45) is 11.7 Å². The van der Waals surface area contributed by atoms with Gasteiger partial charge in [0.1, 0.15) is 0 Å². The van der Waals surface area contributed by atoms with Gasteiger partial charge in [-0.25, -0.2) is 0 Å². The van der Waals surface area contributed by atoms with E-state index < -0.39 is 0 Å². The number of carbonyl (C=O) groups is 2. The number of likely N-dealkylation sites (tertiary alicyclic amines) is 1. The van der Waals surface area contributed by atoms with E-state index in [-0.39, 0.29) is 23.8 Å². The average Bonchev–Trinajstić information content (AvgIpc) is 2.37. The van der Waals surface area contributed by atoms with Crippen molar-refractivity contribution >= 4 is 11.8 Å². The van der Waals surface area contributed by atoms with Crippen LogP contribution in [0.3, 0.4) is 0 Å². The monoisotopic (exact) mass is 255 g/mol. The Kier molecular flexibility index (Phi) is 6.12. The molecule has 1 unspecified atom stereocenters. The van der Waals surface area contributed by atoms with Crippen LogP contribution in [-0.2, 0) is 9.59 Å². The van der Waals surface area contributed by atoms with Gasteiger partial charge >= 0.3 is 0 Å². The summed E-state index contributed by atoms with van der Waals surface area (Å²) in [4.78, 5) is 25.2. The minimum Gasteiger partial charge on any atom is -0.359 e. The van der Waals surface area contributed by atoms with Crippen molar-refractivity contribution in [2.75, 3.05) is 20.1 Å². The molecule has 104 valence electrons.